The summed E-state index contributed by atoms with van der Waals surface area (Å²) in [5, 5.41) is 8.46. The summed E-state index contributed by atoms with van der Waals surface area (Å²) in [7, 11) is 0. The van der Waals surface area contributed by atoms with Gasteiger partial charge >= 0.3 is 0 Å². The maximum Gasteiger partial charge on any atom is 0.249 e. The minimum Gasteiger partial charge on any atom is -0.416 e. The summed E-state index contributed by atoms with van der Waals surface area (Å²) in [4.78, 5) is 0. The molecule has 0 N–H and O–H groups in total. The van der Waals surface area contributed by atoms with E-state index in [9.17, 15) is 0 Å². The van der Waals surface area contributed by atoms with Gasteiger partial charge in [-0.2, -0.15) is 0 Å². The first-order valence-electron chi connectivity index (χ1n) is 7.31. The predicted molar refractivity (Wildman–Crippen MR) is 94.2 cm³/mol. The molecule has 112 valence electrons. The molecule has 4 rings (SSSR count). The summed E-state index contributed by atoms with van der Waals surface area (Å²) >= 11 is 3.52. The number of hydrogen-bond acceptors (Lipinski definition) is 3. The molecule has 0 fully saturated rings. The Morgan fingerprint density at radius 2 is 1.35 bits per heavy atom. The molecule has 2 aliphatic carbocycles. The minimum absolute atomic E-state index is 0.514. The van der Waals surface area contributed by atoms with Crippen LogP contribution in [0.25, 0.3) is 34.0 Å². The van der Waals surface area contributed by atoms with Gasteiger partial charge in [0, 0.05) is 10.0 Å². The van der Waals surface area contributed by atoms with E-state index in [4.69, 9.17) is 4.42 Å². The van der Waals surface area contributed by atoms with Crippen LogP contribution in [0.15, 0.2) is 69.6 Å². The van der Waals surface area contributed by atoms with Gasteiger partial charge in [-0.15, -0.1) is 10.2 Å². The number of rotatable bonds is 2. The molecule has 23 heavy (non-hydrogen) atoms. The highest BCUT2D eigenvalue weighted by molar-refractivity contribution is 9.10. The quantitative estimate of drug-likeness (QED) is 0.466. The van der Waals surface area contributed by atoms with Gasteiger partial charge in [0.05, 0.1) is 5.56 Å². The standard InChI is InChI=1S/C19H13BrN2O/c1-12-11-16(14-8-4-2-3-7-13(12)14)19-22-21-18(23-19)15-9-5-6-10-17(15)20/h2-11H,1H3. The first-order chi connectivity index (χ1) is 11.2. The topological polar surface area (TPSA) is 38.9 Å². The normalized spacial score (nSPS) is 11.0. The summed E-state index contributed by atoms with van der Waals surface area (Å²) in [6.45, 7) is 2.09. The molecule has 0 amide bonds. The number of nitrogens with zero attached hydrogens (tertiary/aromatic N) is 2. The molecule has 0 bridgehead atoms. The van der Waals surface area contributed by atoms with E-state index in [0.717, 1.165) is 21.2 Å². The van der Waals surface area contributed by atoms with Crippen LogP contribution in [0, 0.1) is 6.92 Å². The molecule has 0 saturated carbocycles. The Morgan fingerprint density at radius 1 is 0.739 bits per heavy atom. The van der Waals surface area contributed by atoms with Crippen molar-refractivity contribution in [3.8, 4) is 34.0 Å². The highest BCUT2D eigenvalue weighted by Crippen LogP contribution is 2.38. The SMILES string of the molecule is Cc1cc(-c2nnc(-c3ccccc3Br)o2)c2cccccc1-2. The molecule has 3 nitrogen and oxygen atoms in total. The number of aromatic nitrogens is 2. The number of aryl methyl sites for hydroxylation is 1. The van der Waals surface area contributed by atoms with Crippen LogP contribution in [0.1, 0.15) is 5.56 Å². The Morgan fingerprint density at radius 3 is 2.13 bits per heavy atom. The zero-order chi connectivity index (χ0) is 15.8. The first-order valence-corrected chi connectivity index (χ1v) is 8.10. The van der Waals surface area contributed by atoms with Gasteiger partial charge in [-0.3, -0.25) is 0 Å². The van der Waals surface area contributed by atoms with Crippen LogP contribution in [0.5, 0.6) is 0 Å². The minimum atomic E-state index is 0.514. The molecule has 0 unspecified atom stereocenters. The number of benzene rings is 1. The molecule has 0 saturated heterocycles. The van der Waals surface area contributed by atoms with Gasteiger partial charge in [0.2, 0.25) is 11.8 Å². The second kappa shape index (κ2) is 5.63. The van der Waals surface area contributed by atoms with Crippen molar-refractivity contribution in [3.63, 3.8) is 0 Å². The molecular formula is C19H13BrN2O. The molecule has 2 aromatic rings. The highest BCUT2D eigenvalue weighted by atomic mass is 79.9. The molecule has 0 spiro atoms. The number of hydrogen-bond donors (Lipinski definition) is 0. The first kappa shape index (κ1) is 14.2. The summed E-state index contributed by atoms with van der Waals surface area (Å²) in [6.07, 6.45) is 0. The maximum atomic E-state index is 5.94. The van der Waals surface area contributed by atoms with E-state index in [1.807, 2.05) is 42.5 Å². The Kier molecular flexibility index (Phi) is 3.46. The predicted octanol–water partition coefficient (Wildman–Crippen LogP) is 5.58. The van der Waals surface area contributed by atoms with Crippen molar-refractivity contribution >= 4 is 15.9 Å². The molecule has 2 aliphatic rings. The van der Waals surface area contributed by atoms with Gasteiger partial charge in [-0.1, -0.05) is 42.5 Å². The molecule has 0 radical (unpaired) electrons. The Hall–Kier alpha value is -2.46. The van der Waals surface area contributed by atoms with Gasteiger partial charge < -0.3 is 4.42 Å². The lowest BCUT2D eigenvalue weighted by Crippen LogP contribution is -1.78. The van der Waals surface area contributed by atoms with Gasteiger partial charge in [0.1, 0.15) is 0 Å². The Balaban J connectivity index is 1.84. The van der Waals surface area contributed by atoms with Gasteiger partial charge in [-0.05, 0) is 57.7 Å². The Bertz CT molecular complexity index is 961. The van der Waals surface area contributed by atoms with E-state index >= 15 is 0 Å². The summed E-state index contributed by atoms with van der Waals surface area (Å²) in [5.74, 6) is 1.06. The summed E-state index contributed by atoms with van der Waals surface area (Å²) in [6, 6.07) is 20.2. The van der Waals surface area contributed by atoms with Crippen LogP contribution in [0.3, 0.4) is 0 Å². The van der Waals surface area contributed by atoms with Crippen molar-refractivity contribution in [3.05, 3.63) is 70.7 Å². The monoisotopic (exact) mass is 364 g/mol. The number of halogens is 1. The molecule has 1 aromatic heterocycles. The molecule has 1 heterocycles. The smallest absolute Gasteiger partial charge is 0.249 e. The van der Waals surface area contributed by atoms with Crippen molar-refractivity contribution in [2.75, 3.05) is 0 Å². The third kappa shape index (κ3) is 2.45. The van der Waals surface area contributed by atoms with E-state index in [-0.39, 0.29) is 0 Å². The van der Waals surface area contributed by atoms with Gasteiger partial charge in [0.15, 0.2) is 0 Å². The largest absolute Gasteiger partial charge is 0.416 e. The van der Waals surface area contributed by atoms with E-state index in [1.165, 1.54) is 11.1 Å². The van der Waals surface area contributed by atoms with Crippen molar-refractivity contribution < 1.29 is 4.42 Å². The second-order valence-electron chi connectivity index (χ2n) is 5.37. The zero-order valence-electron chi connectivity index (χ0n) is 12.5. The van der Waals surface area contributed by atoms with Crippen LogP contribution in [0.2, 0.25) is 0 Å². The fourth-order valence-electron chi connectivity index (χ4n) is 2.75. The zero-order valence-corrected chi connectivity index (χ0v) is 14.0. The van der Waals surface area contributed by atoms with Crippen LogP contribution >= 0.6 is 15.9 Å². The summed E-state index contributed by atoms with van der Waals surface area (Å²) < 4.78 is 6.87. The third-order valence-electron chi connectivity index (χ3n) is 3.87. The third-order valence-corrected chi connectivity index (χ3v) is 4.57. The van der Waals surface area contributed by atoms with E-state index < -0.39 is 0 Å². The molecule has 0 atom stereocenters. The summed E-state index contributed by atoms with van der Waals surface area (Å²) in [5.41, 5.74) is 5.39. The van der Waals surface area contributed by atoms with Crippen molar-refractivity contribution in [1.29, 1.82) is 0 Å². The van der Waals surface area contributed by atoms with Gasteiger partial charge in [-0.25, -0.2) is 0 Å². The molecule has 4 heteroatoms. The van der Waals surface area contributed by atoms with Crippen LogP contribution in [0.4, 0.5) is 0 Å². The fourth-order valence-corrected chi connectivity index (χ4v) is 3.20. The lowest BCUT2D eigenvalue weighted by atomic mass is 10.1. The number of fused-ring (bicyclic) bond motifs is 1. The van der Waals surface area contributed by atoms with E-state index in [2.05, 4.69) is 51.3 Å². The molecule has 0 aliphatic heterocycles. The lowest BCUT2D eigenvalue weighted by Gasteiger charge is -1.98. The average molecular weight is 365 g/mol. The molecule has 1 aromatic carbocycles. The Labute approximate surface area is 142 Å². The van der Waals surface area contributed by atoms with Crippen molar-refractivity contribution in [1.82, 2.24) is 10.2 Å². The second-order valence-corrected chi connectivity index (χ2v) is 6.23. The maximum absolute atomic E-state index is 5.94. The van der Waals surface area contributed by atoms with E-state index in [1.54, 1.807) is 0 Å². The van der Waals surface area contributed by atoms with Crippen molar-refractivity contribution in [2.45, 2.75) is 6.92 Å². The van der Waals surface area contributed by atoms with E-state index in [0.29, 0.717) is 11.8 Å². The van der Waals surface area contributed by atoms with Crippen molar-refractivity contribution in [2.24, 2.45) is 0 Å². The van der Waals surface area contributed by atoms with Crippen LogP contribution < -0.4 is 0 Å². The molecular weight excluding hydrogens is 352 g/mol. The average Bonchev–Trinajstić information content (AvgIpc) is 3.05. The fraction of sp³-hybridized carbons (Fsp3) is 0.0526. The van der Waals surface area contributed by atoms with Crippen LogP contribution in [-0.4, -0.2) is 10.2 Å². The lowest BCUT2D eigenvalue weighted by molar-refractivity contribution is 0.584. The van der Waals surface area contributed by atoms with Crippen LogP contribution in [-0.2, 0) is 0 Å². The van der Waals surface area contributed by atoms with Gasteiger partial charge in [0.25, 0.3) is 0 Å². The highest BCUT2D eigenvalue weighted by Gasteiger charge is 2.19.